The second-order valence-electron chi connectivity index (χ2n) is 7.45. The molecule has 5 heteroatoms. The summed E-state index contributed by atoms with van der Waals surface area (Å²) < 4.78 is 1.96. The van der Waals surface area contributed by atoms with Gasteiger partial charge in [-0.3, -0.25) is 9.48 Å². The quantitative estimate of drug-likeness (QED) is 0.531. The van der Waals surface area contributed by atoms with Gasteiger partial charge in [0.2, 0.25) is 0 Å². The number of aromatic nitrogens is 2. The zero-order valence-electron chi connectivity index (χ0n) is 17.1. The first-order valence-corrected chi connectivity index (χ1v) is 10.2. The van der Waals surface area contributed by atoms with Crippen LogP contribution >= 0.6 is 0 Å². The minimum absolute atomic E-state index is 0.438. The van der Waals surface area contributed by atoms with Crippen LogP contribution in [-0.4, -0.2) is 27.4 Å². The average Bonchev–Trinajstić information content (AvgIpc) is 3.15. The number of hydrogen-bond acceptors (Lipinski definition) is 3. The fourth-order valence-electron chi connectivity index (χ4n) is 3.60. The fraction of sp³-hybridized carbons (Fsp3) is 0.333. The van der Waals surface area contributed by atoms with Crippen LogP contribution in [0.5, 0.6) is 0 Å². The van der Waals surface area contributed by atoms with Gasteiger partial charge in [0.25, 0.3) is 0 Å². The molecular weight excluding hydrogens is 362 g/mol. The molecule has 3 rings (SSSR count). The van der Waals surface area contributed by atoms with Crippen LogP contribution in [0.1, 0.15) is 37.8 Å². The van der Waals surface area contributed by atoms with E-state index >= 15 is 0 Å². The Balaban J connectivity index is 1.81. The Kier molecular flexibility index (Phi) is 6.83. The lowest BCUT2D eigenvalue weighted by molar-refractivity contribution is -0.149. The number of carboxylic acids is 1. The predicted molar refractivity (Wildman–Crippen MR) is 116 cm³/mol. The van der Waals surface area contributed by atoms with Crippen LogP contribution in [0.15, 0.2) is 66.9 Å². The van der Waals surface area contributed by atoms with E-state index in [2.05, 4.69) is 35.8 Å². The van der Waals surface area contributed by atoms with Gasteiger partial charge in [0, 0.05) is 30.4 Å². The third-order valence-corrected chi connectivity index (χ3v) is 5.66. The first kappa shape index (κ1) is 20.8. The summed E-state index contributed by atoms with van der Waals surface area (Å²) in [6, 6.07) is 20.4. The highest BCUT2D eigenvalue weighted by Crippen LogP contribution is 2.27. The Morgan fingerprint density at radius 1 is 1.03 bits per heavy atom. The summed E-state index contributed by atoms with van der Waals surface area (Å²) in [6.45, 7) is 5.59. The van der Waals surface area contributed by atoms with Crippen molar-refractivity contribution in [2.45, 2.75) is 39.8 Å². The number of nitrogens with one attached hydrogen (secondary N) is 1. The molecule has 1 aromatic heterocycles. The van der Waals surface area contributed by atoms with Gasteiger partial charge in [0.1, 0.15) is 0 Å². The van der Waals surface area contributed by atoms with Crippen molar-refractivity contribution in [2.75, 3.05) is 6.54 Å². The van der Waals surface area contributed by atoms with Gasteiger partial charge >= 0.3 is 5.97 Å². The number of carbonyl (C=O) groups is 1. The van der Waals surface area contributed by atoms with Crippen LogP contribution in [-0.2, 0) is 17.9 Å². The van der Waals surface area contributed by atoms with E-state index in [9.17, 15) is 9.90 Å². The SMILES string of the molecule is CCC(CC)(CNCc1cn(Cc2ccccc2)nc1-c1ccccc1)C(=O)O. The van der Waals surface area contributed by atoms with E-state index in [4.69, 9.17) is 5.10 Å². The van der Waals surface area contributed by atoms with Gasteiger partial charge in [-0.05, 0) is 18.4 Å². The van der Waals surface area contributed by atoms with Crippen molar-refractivity contribution in [3.8, 4) is 11.3 Å². The maximum atomic E-state index is 11.8. The lowest BCUT2D eigenvalue weighted by Gasteiger charge is -2.27. The van der Waals surface area contributed by atoms with Gasteiger partial charge in [0.05, 0.1) is 17.7 Å². The van der Waals surface area contributed by atoms with Crippen molar-refractivity contribution < 1.29 is 9.90 Å². The van der Waals surface area contributed by atoms with E-state index in [0.29, 0.717) is 32.5 Å². The number of nitrogens with zero attached hydrogens (tertiary/aromatic N) is 2. The van der Waals surface area contributed by atoms with Crippen LogP contribution in [0.3, 0.4) is 0 Å². The lowest BCUT2D eigenvalue weighted by atomic mass is 9.82. The molecule has 29 heavy (non-hydrogen) atoms. The molecule has 2 N–H and O–H groups in total. The smallest absolute Gasteiger partial charge is 0.310 e. The van der Waals surface area contributed by atoms with Gasteiger partial charge in [-0.2, -0.15) is 5.10 Å². The van der Waals surface area contributed by atoms with Crippen LogP contribution in [0, 0.1) is 5.41 Å². The molecule has 1 heterocycles. The van der Waals surface area contributed by atoms with E-state index in [1.807, 2.05) is 54.9 Å². The van der Waals surface area contributed by atoms with Crippen LogP contribution in [0.4, 0.5) is 0 Å². The summed E-state index contributed by atoms with van der Waals surface area (Å²) in [7, 11) is 0. The van der Waals surface area contributed by atoms with Gasteiger partial charge in [-0.25, -0.2) is 0 Å². The fourth-order valence-corrected chi connectivity index (χ4v) is 3.60. The van der Waals surface area contributed by atoms with Gasteiger partial charge < -0.3 is 10.4 Å². The molecule has 0 aliphatic rings. The van der Waals surface area contributed by atoms with Crippen molar-refractivity contribution in [3.05, 3.63) is 78.0 Å². The van der Waals surface area contributed by atoms with Crippen molar-refractivity contribution in [1.29, 1.82) is 0 Å². The third kappa shape index (κ3) is 4.93. The summed E-state index contributed by atoms with van der Waals surface area (Å²) in [6.07, 6.45) is 3.26. The number of rotatable bonds is 10. The predicted octanol–water partition coefficient (Wildman–Crippen LogP) is 4.58. The monoisotopic (exact) mass is 391 g/mol. The summed E-state index contributed by atoms with van der Waals surface area (Å²) in [5, 5.41) is 17.9. The molecule has 0 radical (unpaired) electrons. The van der Waals surface area contributed by atoms with Crippen molar-refractivity contribution >= 4 is 5.97 Å². The van der Waals surface area contributed by atoms with Gasteiger partial charge in [0.15, 0.2) is 0 Å². The molecule has 0 amide bonds. The Labute approximate surface area is 172 Å². The van der Waals surface area contributed by atoms with Crippen LogP contribution < -0.4 is 5.32 Å². The molecule has 0 aliphatic heterocycles. The van der Waals surface area contributed by atoms with Crippen molar-refractivity contribution in [2.24, 2.45) is 5.41 Å². The van der Waals surface area contributed by atoms with E-state index in [0.717, 1.165) is 16.8 Å². The highest BCUT2D eigenvalue weighted by molar-refractivity contribution is 5.74. The van der Waals surface area contributed by atoms with E-state index in [1.165, 1.54) is 5.56 Å². The number of carboxylic acid groups (broad SMARTS) is 1. The average molecular weight is 392 g/mol. The highest BCUT2D eigenvalue weighted by atomic mass is 16.4. The van der Waals surface area contributed by atoms with Crippen molar-refractivity contribution in [1.82, 2.24) is 15.1 Å². The Morgan fingerprint density at radius 3 is 2.24 bits per heavy atom. The maximum absolute atomic E-state index is 11.8. The zero-order chi connectivity index (χ0) is 20.7. The largest absolute Gasteiger partial charge is 0.481 e. The molecule has 5 nitrogen and oxygen atoms in total. The second-order valence-corrected chi connectivity index (χ2v) is 7.45. The first-order chi connectivity index (χ1) is 14.1. The topological polar surface area (TPSA) is 67.2 Å². The molecule has 0 fully saturated rings. The van der Waals surface area contributed by atoms with Gasteiger partial charge in [-0.1, -0.05) is 74.5 Å². The minimum atomic E-state index is -0.738. The molecule has 0 unspecified atom stereocenters. The molecule has 0 aliphatic carbocycles. The molecule has 0 saturated carbocycles. The van der Waals surface area contributed by atoms with E-state index < -0.39 is 11.4 Å². The summed E-state index contributed by atoms with van der Waals surface area (Å²) >= 11 is 0. The molecule has 0 saturated heterocycles. The van der Waals surface area contributed by atoms with E-state index in [-0.39, 0.29) is 0 Å². The minimum Gasteiger partial charge on any atom is -0.481 e. The summed E-state index contributed by atoms with van der Waals surface area (Å²) in [5.74, 6) is -0.738. The van der Waals surface area contributed by atoms with Gasteiger partial charge in [-0.15, -0.1) is 0 Å². The second kappa shape index (κ2) is 9.52. The number of benzene rings is 2. The molecular formula is C24H29N3O2. The van der Waals surface area contributed by atoms with E-state index in [1.54, 1.807) is 0 Å². The zero-order valence-corrected chi connectivity index (χ0v) is 17.1. The highest BCUT2D eigenvalue weighted by Gasteiger charge is 2.34. The lowest BCUT2D eigenvalue weighted by Crippen LogP contribution is -2.40. The molecule has 3 aromatic rings. The normalized spacial score (nSPS) is 11.5. The molecule has 0 bridgehead atoms. The van der Waals surface area contributed by atoms with Crippen LogP contribution in [0.25, 0.3) is 11.3 Å². The Bertz CT molecular complexity index is 916. The number of hydrogen-bond donors (Lipinski definition) is 2. The molecule has 0 spiro atoms. The van der Waals surface area contributed by atoms with Crippen LogP contribution in [0.2, 0.25) is 0 Å². The first-order valence-electron chi connectivity index (χ1n) is 10.2. The molecule has 152 valence electrons. The maximum Gasteiger partial charge on any atom is 0.310 e. The Hall–Kier alpha value is -2.92. The van der Waals surface area contributed by atoms with Crippen molar-refractivity contribution in [3.63, 3.8) is 0 Å². The summed E-state index contributed by atoms with van der Waals surface area (Å²) in [5.41, 5.74) is 3.52. The third-order valence-electron chi connectivity index (χ3n) is 5.66. The number of aliphatic carboxylic acids is 1. The Morgan fingerprint density at radius 2 is 1.66 bits per heavy atom. The molecule has 0 atom stereocenters. The molecule has 2 aromatic carbocycles. The summed E-state index contributed by atoms with van der Waals surface area (Å²) in [4.78, 5) is 11.8. The standard InChI is InChI=1S/C24H29N3O2/c1-3-24(4-2,23(28)29)18-25-15-21-17-27(16-19-11-7-5-8-12-19)26-22(21)20-13-9-6-10-14-20/h5-14,17,25H,3-4,15-16,18H2,1-2H3,(H,28,29).